The number of hydrogen-bond acceptors (Lipinski definition) is 5. The summed E-state index contributed by atoms with van der Waals surface area (Å²) in [6.07, 6.45) is 0.583. The Kier molecular flexibility index (Phi) is 5.65. The second-order valence-corrected chi connectivity index (χ2v) is 7.60. The average Bonchev–Trinajstić information content (AvgIpc) is 2.76. The maximum absolute atomic E-state index is 14.3. The van der Waals surface area contributed by atoms with Gasteiger partial charge in [-0.2, -0.15) is 0 Å². The molecule has 3 aromatic rings. The molecule has 0 saturated carbocycles. The molecule has 0 unspecified atom stereocenters. The van der Waals surface area contributed by atoms with Crippen LogP contribution in [-0.2, 0) is 17.8 Å². The molecule has 0 radical (unpaired) electrons. The van der Waals surface area contributed by atoms with Crippen LogP contribution in [0.25, 0.3) is 10.9 Å². The van der Waals surface area contributed by atoms with Gasteiger partial charge in [0.2, 0.25) is 5.91 Å². The Balaban J connectivity index is 1.52. The van der Waals surface area contributed by atoms with E-state index in [1.807, 2.05) is 11.8 Å². The van der Waals surface area contributed by atoms with Gasteiger partial charge < -0.3 is 19.8 Å². The summed E-state index contributed by atoms with van der Waals surface area (Å²) < 4.78 is 24.8. The number of amides is 1. The van der Waals surface area contributed by atoms with Crippen molar-refractivity contribution in [1.29, 1.82) is 0 Å². The maximum atomic E-state index is 14.3. The normalized spacial score (nSPS) is 13.7. The van der Waals surface area contributed by atoms with Gasteiger partial charge in [-0.25, -0.2) is 4.39 Å². The van der Waals surface area contributed by atoms with Gasteiger partial charge >= 0.3 is 0 Å². The maximum Gasteiger partial charge on any atom is 0.238 e. The molecule has 0 fully saturated rings. The predicted molar refractivity (Wildman–Crippen MR) is 116 cm³/mol. The van der Waals surface area contributed by atoms with Crippen molar-refractivity contribution in [2.45, 2.75) is 19.9 Å². The Hall–Kier alpha value is -3.39. The molecule has 2 N–H and O–H groups in total. The fraction of sp³-hybridized carbons (Fsp3) is 0.304. The van der Waals surface area contributed by atoms with Crippen LogP contribution in [-0.4, -0.2) is 43.1 Å². The molecule has 1 aromatic heterocycles. The van der Waals surface area contributed by atoms with Gasteiger partial charge in [0.05, 0.1) is 31.7 Å². The highest BCUT2D eigenvalue weighted by Gasteiger charge is 2.24. The fourth-order valence-corrected chi connectivity index (χ4v) is 3.98. The molecule has 4 rings (SSSR count). The van der Waals surface area contributed by atoms with Gasteiger partial charge in [0.1, 0.15) is 5.82 Å². The van der Waals surface area contributed by atoms with Crippen molar-refractivity contribution in [2.24, 2.45) is 0 Å². The summed E-state index contributed by atoms with van der Waals surface area (Å²) in [4.78, 5) is 30.7. The van der Waals surface area contributed by atoms with Gasteiger partial charge in [0.15, 0.2) is 16.9 Å². The SMILES string of the molecule is COc1ccc(NC(=O)CN2CCc3[nH]c4c(C)ccc(F)c4c(=O)c3C2)cc1OC. The number of benzene rings is 2. The summed E-state index contributed by atoms with van der Waals surface area (Å²) in [5.74, 6) is 0.341. The van der Waals surface area contributed by atoms with Gasteiger partial charge in [-0.1, -0.05) is 6.07 Å². The first kappa shape index (κ1) is 20.9. The Bertz CT molecular complexity index is 1220. The molecule has 1 aliphatic rings. The van der Waals surface area contributed by atoms with Crippen LogP contribution < -0.4 is 20.2 Å². The van der Waals surface area contributed by atoms with E-state index < -0.39 is 5.82 Å². The molecule has 31 heavy (non-hydrogen) atoms. The summed E-state index contributed by atoms with van der Waals surface area (Å²) in [6, 6.07) is 8.10. The highest BCUT2D eigenvalue weighted by Crippen LogP contribution is 2.29. The van der Waals surface area contributed by atoms with Crippen LogP contribution in [0.15, 0.2) is 35.1 Å². The lowest BCUT2D eigenvalue weighted by Crippen LogP contribution is -2.39. The highest BCUT2D eigenvalue weighted by molar-refractivity contribution is 5.92. The molecule has 0 spiro atoms. The van der Waals surface area contributed by atoms with Crippen molar-refractivity contribution in [3.05, 3.63) is 63.2 Å². The van der Waals surface area contributed by atoms with Crippen LogP contribution in [0, 0.1) is 12.7 Å². The standard InChI is InChI=1S/C23H24FN3O4/c1-13-4-6-16(24)21-22(13)26-17-8-9-27(11-15(17)23(21)29)12-20(28)25-14-5-7-18(30-2)19(10-14)31-3/h4-7,10H,8-9,11-12H2,1-3H3,(H,25,28)(H,26,29). The number of nitrogens with one attached hydrogen (secondary N) is 2. The number of halogens is 1. The van der Waals surface area contributed by atoms with Crippen molar-refractivity contribution in [1.82, 2.24) is 9.88 Å². The van der Waals surface area contributed by atoms with Gasteiger partial charge in [0, 0.05) is 42.5 Å². The highest BCUT2D eigenvalue weighted by atomic mass is 19.1. The lowest BCUT2D eigenvalue weighted by Gasteiger charge is -2.28. The average molecular weight is 425 g/mol. The van der Waals surface area contributed by atoms with Crippen LogP contribution in [0.4, 0.5) is 10.1 Å². The molecule has 1 aliphatic heterocycles. The van der Waals surface area contributed by atoms with E-state index in [2.05, 4.69) is 10.3 Å². The van der Waals surface area contributed by atoms with Crippen LogP contribution in [0.5, 0.6) is 11.5 Å². The second kappa shape index (κ2) is 8.39. The van der Waals surface area contributed by atoms with Gasteiger partial charge in [-0.05, 0) is 30.7 Å². The summed E-state index contributed by atoms with van der Waals surface area (Å²) in [6.45, 7) is 2.86. The molecule has 0 saturated heterocycles. The molecule has 2 heterocycles. The zero-order valence-corrected chi connectivity index (χ0v) is 17.7. The number of aromatic nitrogens is 1. The smallest absolute Gasteiger partial charge is 0.238 e. The van der Waals surface area contributed by atoms with E-state index in [-0.39, 0.29) is 29.8 Å². The molecule has 0 atom stereocenters. The molecule has 8 heteroatoms. The van der Waals surface area contributed by atoms with E-state index in [9.17, 15) is 14.0 Å². The lowest BCUT2D eigenvalue weighted by atomic mass is 10.0. The minimum absolute atomic E-state index is 0.0791. The molecule has 0 bridgehead atoms. The number of fused-ring (bicyclic) bond motifs is 2. The third-order valence-corrected chi connectivity index (χ3v) is 5.60. The number of pyridine rings is 1. The topological polar surface area (TPSA) is 83.7 Å². The quantitative estimate of drug-likeness (QED) is 0.657. The Morgan fingerprint density at radius 1 is 1.19 bits per heavy atom. The number of ether oxygens (including phenoxy) is 2. The van der Waals surface area contributed by atoms with E-state index in [1.54, 1.807) is 31.4 Å². The van der Waals surface area contributed by atoms with Crippen molar-refractivity contribution in [2.75, 3.05) is 32.6 Å². The largest absolute Gasteiger partial charge is 0.493 e. The number of nitrogens with zero attached hydrogens (tertiary/aromatic N) is 1. The zero-order chi connectivity index (χ0) is 22.1. The Labute approximate surface area is 178 Å². The monoisotopic (exact) mass is 425 g/mol. The first-order chi connectivity index (χ1) is 14.9. The third-order valence-electron chi connectivity index (χ3n) is 5.60. The number of aromatic amines is 1. The summed E-state index contributed by atoms with van der Waals surface area (Å²) in [5, 5.41) is 2.92. The first-order valence-electron chi connectivity index (χ1n) is 9.98. The van der Waals surface area contributed by atoms with Crippen LogP contribution in [0.3, 0.4) is 0 Å². The van der Waals surface area contributed by atoms with Crippen molar-refractivity contribution in [3.8, 4) is 11.5 Å². The minimum Gasteiger partial charge on any atom is -0.493 e. The third kappa shape index (κ3) is 3.98. The van der Waals surface area contributed by atoms with Crippen LogP contribution in [0.1, 0.15) is 16.8 Å². The summed E-state index contributed by atoms with van der Waals surface area (Å²) in [7, 11) is 3.07. The minimum atomic E-state index is -0.534. The summed E-state index contributed by atoms with van der Waals surface area (Å²) >= 11 is 0. The van der Waals surface area contributed by atoms with Crippen molar-refractivity contribution >= 4 is 22.5 Å². The number of anilines is 1. The van der Waals surface area contributed by atoms with Crippen LogP contribution >= 0.6 is 0 Å². The molecular formula is C23H24FN3O4. The summed E-state index contributed by atoms with van der Waals surface area (Å²) in [5.41, 5.74) is 2.97. The number of carbonyl (C=O) groups excluding carboxylic acids is 1. The second-order valence-electron chi connectivity index (χ2n) is 7.60. The van der Waals surface area contributed by atoms with E-state index in [1.165, 1.54) is 13.2 Å². The van der Waals surface area contributed by atoms with Gasteiger partial charge in [-0.3, -0.25) is 14.5 Å². The first-order valence-corrected chi connectivity index (χ1v) is 9.98. The number of methoxy groups -OCH3 is 2. The number of rotatable bonds is 5. The predicted octanol–water partition coefficient (Wildman–Crippen LogP) is 2.99. The number of carbonyl (C=O) groups is 1. The number of aryl methyl sites for hydroxylation is 1. The van der Waals surface area contributed by atoms with Crippen LogP contribution in [0.2, 0.25) is 0 Å². The van der Waals surface area contributed by atoms with E-state index in [0.717, 1.165) is 11.3 Å². The van der Waals surface area contributed by atoms with Crippen molar-refractivity contribution < 1.29 is 18.7 Å². The van der Waals surface area contributed by atoms with E-state index >= 15 is 0 Å². The van der Waals surface area contributed by atoms with E-state index in [4.69, 9.17) is 9.47 Å². The van der Waals surface area contributed by atoms with Gasteiger partial charge in [0.25, 0.3) is 0 Å². The van der Waals surface area contributed by atoms with E-state index in [0.29, 0.717) is 41.2 Å². The number of hydrogen-bond donors (Lipinski definition) is 2. The zero-order valence-electron chi connectivity index (χ0n) is 17.7. The van der Waals surface area contributed by atoms with Gasteiger partial charge in [-0.15, -0.1) is 0 Å². The fourth-order valence-electron chi connectivity index (χ4n) is 3.98. The lowest BCUT2D eigenvalue weighted by molar-refractivity contribution is -0.117. The molecule has 0 aliphatic carbocycles. The molecule has 7 nitrogen and oxygen atoms in total. The Morgan fingerprint density at radius 3 is 2.71 bits per heavy atom. The molecule has 2 aromatic carbocycles. The molecule has 1 amide bonds. The Morgan fingerprint density at radius 2 is 1.97 bits per heavy atom. The molecular weight excluding hydrogens is 401 g/mol. The molecule has 162 valence electrons. The number of H-pyrrole nitrogens is 1. The van der Waals surface area contributed by atoms with Crippen molar-refractivity contribution in [3.63, 3.8) is 0 Å².